The molecule has 1 rings (SSSR count). The van der Waals surface area contributed by atoms with E-state index in [1.54, 1.807) is 6.07 Å². The molecule has 1 aromatic rings. The summed E-state index contributed by atoms with van der Waals surface area (Å²) in [6, 6.07) is 4.36. The quantitative estimate of drug-likeness (QED) is 0.253. The van der Waals surface area contributed by atoms with Crippen LogP contribution in [0.2, 0.25) is 5.02 Å². The summed E-state index contributed by atoms with van der Waals surface area (Å²) in [6.07, 6.45) is 15.1. The Bertz CT molecular complexity index is 491. The van der Waals surface area contributed by atoms with Gasteiger partial charge in [-0.15, -0.1) is 0 Å². The summed E-state index contributed by atoms with van der Waals surface area (Å²) in [4.78, 5) is 11.8. The summed E-state index contributed by atoms with van der Waals surface area (Å²) in [7, 11) is 0. The van der Waals surface area contributed by atoms with Gasteiger partial charge in [0.25, 0.3) is 0 Å². The van der Waals surface area contributed by atoms with Crippen molar-refractivity contribution in [1.29, 1.82) is 0 Å². The summed E-state index contributed by atoms with van der Waals surface area (Å²) in [5.74, 6) is -1.34. The van der Waals surface area contributed by atoms with E-state index in [0.717, 1.165) is 12.8 Å². The molecule has 0 aliphatic carbocycles. The zero-order chi connectivity index (χ0) is 18.3. The molecule has 0 saturated carbocycles. The molecule has 0 radical (unpaired) electrons. The van der Waals surface area contributed by atoms with Crippen molar-refractivity contribution >= 4 is 17.6 Å². The van der Waals surface area contributed by atoms with Crippen molar-refractivity contribution < 1.29 is 13.9 Å². The van der Waals surface area contributed by atoms with Gasteiger partial charge in [-0.3, -0.25) is 0 Å². The Labute approximate surface area is 157 Å². The molecule has 0 heterocycles. The van der Waals surface area contributed by atoms with Crippen LogP contribution in [0.1, 0.15) is 94.3 Å². The number of carbonyl (C=O) groups excluding carboxylic acids is 1. The maximum atomic E-state index is 13.7. The summed E-state index contributed by atoms with van der Waals surface area (Å²) < 4.78 is 18.8. The summed E-state index contributed by atoms with van der Waals surface area (Å²) >= 11 is 5.66. The van der Waals surface area contributed by atoms with Crippen LogP contribution in [0.15, 0.2) is 18.2 Å². The number of halogens is 2. The van der Waals surface area contributed by atoms with Gasteiger partial charge in [-0.05, 0) is 18.6 Å². The number of hydrogen-bond acceptors (Lipinski definition) is 2. The molecule has 1 aromatic carbocycles. The Kier molecular flexibility index (Phi) is 12.4. The van der Waals surface area contributed by atoms with Gasteiger partial charge in [0.1, 0.15) is 0 Å². The molecule has 25 heavy (non-hydrogen) atoms. The van der Waals surface area contributed by atoms with Gasteiger partial charge in [0.2, 0.25) is 0 Å². The first-order valence-corrected chi connectivity index (χ1v) is 10.2. The van der Waals surface area contributed by atoms with Gasteiger partial charge in [-0.2, -0.15) is 0 Å². The minimum absolute atomic E-state index is 0.0557. The topological polar surface area (TPSA) is 26.3 Å². The first-order chi connectivity index (χ1) is 12.2. The fraction of sp³-hybridized carbons (Fsp3) is 0.667. The highest BCUT2D eigenvalue weighted by Crippen LogP contribution is 2.18. The first-order valence-electron chi connectivity index (χ1n) is 9.78. The van der Waals surface area contributed by atoms with E-state index in [2.05, 4.69) is 6.92 Å². The molecular formula is C21H32ClFO2. The van der Waals surface area contributed by atoms with Gasteiger partial charge >= 0.3 is 5.97 Å². The van der Waals surface area contributed by atoms with E-state index in [4.69, 9.17) is 16.3 Å². The molecule has 0 aromatic heterocycles. The van der Waals surface area contributed by atoms with Crippen molar-refractivity contribution in [2.24, 2.45) is 0 Å². The van der Waals surface area contributed by atoms with E-state index in [1.165, 1.54) is 76.3 Å². The van der Waals surface area contributed by atoms with Crippen LogP contribution < -0.4 is 0 Å². The van der Waals surface area contributed by atoms with Crippen LogP contribution in [0.5, 0.6) is 0 Å². The van der Waals surface area contributed by atoms with Gasteiger partial charge in [0.15, 0.2) is 5.82 Å². The largest absolute Gasteiger partial charge is 0.462 e. The van der Waals surface area contributed by atoms with E-state index in [1.807, 2.05) is 0 Å². The van der Waals surface area contributed by atoms with Gasteiger partial charge in [-0.1, -0.05) is 95.2 Å². The lowest BCUT2D eigenvalue weighted by Gasteiger charge is -2.06. The van der Waals surface area contributed by atoms with Crippen molar-refractivity contribution in [3.63, 3.8) is 0 Å². The number of benzene rings is 1. The SMILES string of the molecule is CCCCCCCCCCCCCCOC(=O)c1cccc(Cl)c1F. The van der Waals surface area contributed by atoms with E-state index in [9.17, 15) is 9.18 Å². The highest BCUT2D eigenvalue weighted by atomic mass is 35.5. The number of hydrogen-bond donors (Lipinski definition) is 0. The number of rotatable bonds is 14. The van der Waals surface area contributed by atoms with E-state index in [-0.39, 0.29) is 10.6 Å². The van der Waals surface area contributed by atoms with Crippen molar-refractivity contribution in [3.05, 3.63) is 34.6 Å². The number of carbonyl (C=O) groups is 1. The highest BCUT2D eigenvalue weighted by Gasteiger charge is 2.14. The zero-order valence-electron chi connectivity index (χ0n) is 15.5. The molecule has 0 unspecified atom stereocenters. The van der Waals surface area contributed by atoms with E-state index >= 15 is 0 Å². The molecule has 4 heteroatoms. The normalized spacial score (nSPS) is 10.8. The fourth-order valence-electron chi connectivity index (χ4n) is 2.85. The second-order valence-corrected chi connectivity index (χ2v) is 7.03. The van der Waals surface area contributed by atoms with Crippen LogP contribution in [0, 0.1) is 5.82 Å². The number of unbranched alkanes of at least 4 members (excludes halogenated alkanes) is 11. The second-order valence-electron chi connectivity index (χ2n) is 6.63. The molecule has 0 spiro atoms. The summed E-state index contributed by atoms with van der Waals surface area (Å²) in [5.41, 5.74) is -0.0913. The lowest BCUT2D eigenvalue weighted by molar-refractivity contribution is 0.0492. The number of esters is 1. The average molecular weight is 371 g/mol. The molecule has 142 valence electrons. The van der Waals surface area contributed by atoms with Crippen molar-refractivity contribution in [3.8, 4) is 0 Å². The monoisotopic (exact) mass is 370 g/mol. The molecule has 2 nitrogen and oxygen atoms in total. The summed E-state index contributed by atoms with van der Waals surface area (Å²) in [5, 5.41) is -0.0557. The molecule has 0 atom stereocenters. The van der Waals surface area contributed by atoms with Gasteiger partial charge in [0, 0.05) is 0 Å². The molecule has 0 aliphatic rings. The Hall–Kier alpha value is -1.09. The minimum atomic E-state index is -0.705. The third kappa shape index (κ3) is 9.84. The van der Waals surface area contributed by atoms with Crippen LogP contribution in [0.3, 0.4) is 0 Å². The Morgan fingerprint density at radius 1 is 0.920 bits per heavy atom. The van der Waals surface area contributed by atoms with Crippen molar-refractivity contribution in [2.75, 3.05) is 6.61 Å². The highest BCUT2D eigenvalue weighted by molar-refractivity contribution is 6.31. The maximum Gasteiger partial charge on any atom is 0.341 e. The lowest BCUT2D eigenvalue weighted by atomic mass is 10.1. The third-order valence-corrected chi connectivity index (χ3v) is 4.69. The van der Waals surface area contributed by atoms with Gasteiger partial charge < -0.3 is 4.74 Å². The molecule has 0 bridgehead atoms. The standard InChI is InChI=1S/C21H32ClFO2/c1-2-3-4-5-6-7-8-9-10-11-12-13-17-25-21(24)18-15-14-16-19(22)20(18)23/h14-16H,2-13,17H2,1H3. The van der Waals surface area contributed by atoms with Crippen LogP contribution in [-0.4, -0.2) is 12.6 Å². The molecule has 0 N–H and O–H groups in total. The first kappa shape index (κ1) is 22.0. The molecule has 0 fully saturated rings. The Morgan fingerprint density at radius 3 is 2.00 bits per heavy atom. The van der Waals surface area contributed by atoms with Crippen molar-refractivity contribution in [2.45, 2.75) is 84.0 Å². The second kappa shape index (κ2) is 14.1. The van der Waals surface area contributed by atoms with E-state index < -0.39 is 11.8 Å². The zero-order valence-corrected chi connectivity index (χ0v) is 16.3. The number of ether oxygens (including phenoxy) is 1. The van der Waals surface area contributed by atoms with Gasteiger partial charge in [0.05, 0.1) is 17.2 Å². The molecular weight excluding hydrogens is 339 g/mol. The smallest absolute Gasteiger partial charge is 0.341 e. The summed E-state index contributed by atoms with van der Waals surface area (Å²) in [6.45, 7) is 2.58. The van der Waals surface area contributed by atoms with Crippen molar-refractivity contribution in [1.82, 2.24) is 0 Å². The fourth-order valence-corrected chi connectivity index (χ4v) is 3.02. The predicted molar refractivity (Wildman–Crippen MR) is 103 cm³/mol. The average Bonchev–Trinajstić information content (AvgIpc) is 2.61. The maximum absolute atomic E-state index is 13.7. The van der Waals surface area contributed by atoms with Crippen LogP contribution in [0.4, 0.5) is 4.39 Å². The lowest BCUT2D eigenvalue weighted by Crippen LogP contribution is -2.08. The Balaban J connectivity index is 1.95. The van der Waals surface area contributed by atoms with E-state index in [0.29, 0.717) is 6.61 Å². The Morgan fingerprint density at radius 2 is 1.44 bits per heavy atom. The molecule has 0 amide bonds. The van der Waals surface area contributed by atoms with Crippen LogP contribution >= 0.6 is 11.6 Å². The third-order valence-electron chi connectivity index (χ3n) is 4.40. The predicted octanol–water partition coefficient (Wildman–Crippen LogP) is 7.34. The molecule has 0 aliphatic heterocycles. The van der Waals surface area contributed by atoms with Crippen LogP contribution in [-0.2, 0) is 4.74 Å². The minimum Gasteiger partial charge on any atom is -0.462 e. The van der Waals surface area contributed by atoms with Crippen LogP contribution in [0.25, 0.3) is 0 Å². The molecule has 0 saturated heterocycles. The van der Waals surface area contributed by atoms with Gasteiger partial charge in [-0.25, -0.2) is 9.18 Å².